The van der Waals surface area contributed by atoms with Gasteiger partial charge in [0, 0.05) is 19.3 Å². The van der Waals surface area contributed by atoms with Gasteiger partial charge in [0.05, 0.1) is 23.1 Å². The maximum absolute atomic E-state index is 12.8. The monoisotopic (exact) mass is 408 g/mol. The van der Waals surface area contributed by atoms with Gasteiger partial charge in [-0.1, -0.05) is 6.07 Å². The summed E-state index contributed by atoms with van der Waals surface area (Å²) in [6, 6.07) is 8.43. The first-order chi connectivity index (χ1) is 12.9. The SMILES string of the molecule is CCOC(=O)[C@H]1CCCN(C(=O)S(=O)(=O)c2ccc(-c3ccccn3)s2)C1. The second-order valence-electron chi connectivity index (χ2n) is 6.14. The highest BCUT2D eigenvalue weighted by atomic mass is 32.2. The summed E-state index contributed by atoms with van der Waals surface area (Å²) in [7, 11) is -4.16. The van der Waals surface area contributed by atoms with Crippen molar-refractivity contribution in [1.29, 1.82) is 0 Å². The molecule has 0 unspecified atom stereocenters. The highest BCUT2D eigenvalue weighted by molar-refractivity contribution is 8.07. The van der Waals surface area contributed by atoms with E-state index in [1.807, 2.05) is 6.07 Å². The molecule has 9 heteroatoms. The summed E-state index contributed by atoms with van der Waals surface area (Å²) >= 11 is 1.01. The Kier molecular flexibility index (Phi) is 5.91. The molecule has 0 bridgehead atoms. The molecular formula is C18H20N2O5S2. The zero-order chi connectivity index (χ0) is 19.4. The molecule has 27 heavy (non-hydrogen) atoms. The van der Waals surface area contributed by atoms with Crippen LogP contribution in [0.15, 0.2) is 40.7 Å². The summed E-state index contributed by atoms with van der Waals surface area (Å²) in [4.78, 5) is 30.7. The number of carbonyl (C=O) groups excluding carboxylic acids is 2. The van der Waals surface area contributed by atoms with E-state index >= 15 is 0 Å². The van der Waals surface area contributed by atoms with E-state index in [-0.39, 0.29) is 23.3 Å². The van der Waals surface area contributed by atoms with Gasteiger partial charge in [-0.05, 0) is 44.0 Å². The van der Waals surface area contributed by atoms with Crippen molar-refractivity contribution in [3.63, 3.8) is 0 Å². The van der Waals surface area contributed by atoms with Crippen molar-refractivity contribution in [1.82, 2.24) is 9.88 Å². The number of esters is 1. The Balaban J connectivity index is 1.77. The van der Waals surface area contributed by atoms with E-state index < -0.39 is 21.0 Å². The molecule has 1 saturated heterocycles. The van der Waals surface area contributed by atoms with E-state index in [4.69, 9.17) is 4.74 Å². The second-order valence-corrected chi connectivity index (χ2v) is 9.28. The minimum absolute atomic E-state index is 0.0218. The summed E-state index contributed by atoms with van der Waals surface area (Å²) in [6.45, 7) is 2.35. The van der Waals surface area contributed by atoms with Crippen LogP contribution in [-0.4, -0.2) is 49.2 Å². The van der Waals surface area contributed by atoms with Gasteiger partial charge in [-0.25, -0.2) is 8.42 Å². The normalized spacial score (nSPS) is 17.5. The number of rotatable bonds is 4. The van der Waals surface area contributed by atoms with E-state index in [1.54, 1.807) is 31.3 Å². The van der Waals surface area contributed by atoms with Gasteiger partial charge in [0.15, 0.2) is 0 Å². The van der Waals surface area contributed by atoms with Crippen molar-refractivity contribution in [2.75, 3.05) is 19.7 Å². The minimum atomic E-state index is -4.16. The highest BCUT2D eigenvalue weighted by Crippen LogP contribution is 2.31. The molecule has 0 aliphatic carbocycles. The van der Waals surface area contributed by atoms with E-state index in [0.717, 1.165) is 11.3 Å². The smallest absolute Gasteiger partial charge is 0.344 e. The third-order valence-corrected chi connectivity index (χ3v) is 7.49. The lowest BCUT2D eigenvalue weighted by atomic mass is 9.99. The van der Waals surface area contributed by atoms with Crippen LogP contribution in [0, 0.1) is 5.92 Å². The lowest BCUT2D eigenvalue weighted by Crippen LogP contribution is -2.44. The molecule has 144 valence electrons. The van der Waals surface area contributed by atoms with Crippen molar-refractivity contribution in [3.8, 4) is 10.6 Å². The number of likely N-dealkylation sites (tertiary alicyclic amines) is 1. The van der Waals surface area contributed by atoms with Crippen molar-refractivity contribution in [2.24, 2.45) is 5.92 Å². The van der Waals surface area contributed by atoms with Gasteiger partial charge >= 0.3 is 11.2 Å². The Labute approximate surface area is 161 Å². The lowest BCUT2D eigenvalue weighted by Gasteiger charge is -2.30. The van der Waals surface area contributed by atoms with Crippen LogP contribution in [0.4, 0.5) is 4.79 Å². The van der Waals surface area contributed by atoms with Gasteiger partial charge in [0.2, 0.25) is 0 Å². The predicted molar refractivity (Wildman–Crippen MR) is 101 cm³/mol. The molecule has 2 aromatic heterocycles. The van der Waals surface area contributed by atoms with Gasteiger partial charge in [-0.3, -0.25) is 14.6 Å². The number of thiophene rings is 1. The number of aromatic nitrogens is 1. The Morgan fingerprint density at radius 2 is 2.11 bits per heavy atom. The number of piperidine rings is 1. The minimum Gasteiger partial charge on any atom is -0.466 e. The first-order valence-electron chi connectivity index (χ1n) is 8.65. The number of pyridine rings is 1. The average Bonchev–Trinajstić information content (AvgIpc) is 3.19. The van der Waals surface area contributed by atoms with E-state index in [9.17, 15) is 18.0 Å². The molecular weight excluding hydrogens is 388 g/mol. The molecule has 0 spiro atoms. The fraction of sp³-hybridized carbons (Fsp3) is 0.389. The molecule has 1 fully saturated rings. The number of carbonyl (C=O) groups is 2. The summed E-state index contributed by atoms with van der Waals surface area (Å²) in [5.41, 5.74) is 0.650. The highest BCUT2D eigenvalue weighted by Gasteiger charge is 2.36. The van der Waals surface area contributed by atoms with Gasteiger partial charge in [-0.15, -0.1) is 11.3 Å². The van der Waals surface area contributed by atoms with Crippen molar-refractivity contribution < 1.29 is 22.7 Å². The van der Waals surface area contributed by atoms with Gasteiger partial charge in [-0.2, -0.15) is 0 Å². The van der Waals surface area contributed by atoms with Crippen LogP contribution >= 0.6 is 11.3 Å². The fourth-order valence-electron chi connectivity index (χ4n) is 2.96. The molecule has 3 heterocycles. The van der Waals surface area contributed by atoms with Crippen molar-refractivity contribution in [2.45, 2.75) is 24.0 Å². The molecule has 0 saturated carbocycles. The van der Waals surface area contributed by atoms with Gasteiger partial charge < -0.3 is 9.64 Å². The number of hydrogen-bond donors (Lipinski definition) is 0. The zero-order valence-corrected chi connectivity index (χ0v) is 16.5. The van der Waals surface area contributed by atoms with E-state index in [0.29, 0.717) is 30.0 Å². The number of amides is 1. The van der Waals surface area contributed by atoms with Crippen LogP contribution in [0.2, 0.25) is 0 Å². The number of nitrogens with zero attached hydrogens (tertiary/aromatic N) is 2. The first-order valence-corrected chi connectivity index (χ1v) is 11.0. The molecule has 2 aromatic rings. The summed E-state index contributed by atoms with van der Waals surface area (Å²) in [5, 5.41) is -0.967. The molecule has 3 rings (SSSR count). The molecule has 1 aliphatic heterocycles. The van der Waals surface area contributed by atoms with Crippen LogP contribution in [0.5, 0.6) is 0 Å². The maximum Gasteiger partial charge on any atom is 0.344 e. The van der Waals surface area contributed by atoms with Crippen LogP contribution in [0.3, 0.4) is 0 Å². The van der Waals surface area contributed by atoms with Crippen molar-refractivity contribution >= 4 is 32.4 Å². The maximum atomic E-state index is 12.8. The van der Waals surface area contributed by atoms with Crippen LogP contribution in [0.1, 0.15) is 19.8 Å². The predicted octanol–water partition coefficient (Wildman–Crippen LogP) is 2.98. The Morgan fingerprint density at radius 1 is 1.30 bits per heavy atom. The Morgan fingerprint density at radius 3 is 2.81 bits per heavy atom. The Bertz CT molecular complexity index is 924. The summed E-state index contributed by atoms with van der Waals surface area (Å²) in [5.74, 6) is -0.869. The lowest BCUT2D eigenvalue weighted by molar-refractivity contribution is -0.149. The summed E-state index contributed by atoms with van der Waals surface area (Å²) in [6.07, 6.45) is 2.78. The summed E-state index contributed by atoms with van der Waals surface area (Å²) < 4.78 is 30.5. The molecule has 0 aromatic carbocycles. The van der Waals surface area contributed by atoms with Gasteiger partial charge in [0.1, 0.15) is 4.21 Å². The standard InChI is InChI=1S/C18H20N2O5S2/c1-2-25-17(21)13-6-5-11-20(12-13)18(22)27(23,24)16-9-8-15(26-16)14-7-3-4-10-19-14/h3-4,7-10,13H,2,5-6,11-12H2,1H3/t13-/m0/s1. The molecule has 0 N–H and O–H groups in total. The van der Waals surface area contributed by atoms with Crippen molar-refractivity contribution in [3.05, 3.63) is 36.5 Å². The molecule has 1 aliphatic rings. The topological polar surface area (TPSA) is 93.6 Å². The third-order valence-electron chi connectivity index (χ3n) is 4.29. The van der Waals surface area contributed by atoms with Crippen LogP contribution in [-0.2, 0) is 19.4 Å². The number of sulfone groups is 1. The largest absolute Gasteiger partial charge is 0.466 e. The van der Waals surface area contributed by atoms with E-state index in [2.05, 4.69) is 4.98 Å². The zero-order valence-electron chi connectivity index (χ0n) is 14.8. The molecule has 1 atom stereocenters. The van der Waals surface area contributed by atoms with E-state index in [1.165, 1.54) is 11.0 Å². The first kappa shape index (κ1) is 19.5. The fourth-order valence-corrected chi connectivity index (χ4v) is 5.52. The number of hydrogen-bond acceptors (Lipinski definition) is 7. The number of ether oxygens (including phenoxy) is 1. The quantitative estimate of drug-likeness (QED) is 0.722. The van der Waals surface area contributed by atoms with Gasteiger partial charge in [0.25, 0.3) is 9.84 Å². The molecule has 0 radical (unpaired) electrons. The van der Waals surface area contributed by atoms with Crippen LogP contribution in [0.25, 0.3) is 10.6 Å². The molecule has 7 nitrogen and oxygen atoms in total. The third kappa shape index (κ3) is 4.19. The average molecular weight is 409 g/mol. The molecule has 1 amide bonds. The second kappa shape index (κ2) is 8.18. The van der Waals surface area contributed by atoms with Crippen LogP contribution < -0.4 is 0 Å². The Hall–Kier alpha value is -2.26.